The highest BCUT2D eigenvalue weighted by molar-refractivity contribution is 9.11. The molecule has 0 aromatic heterocycles. The molecule has 0 saturated heterocycles. The van der Waals surface area contributed by atoms with Crippen molar-refractivity contribution < 1.29 is 9.47 Å². The van der Waals surface area contributed by atoms with Crippen molar-refractivity contribution in [2.24, 2.45) is 5.73 Å². The van der Waals surface area contributed by atoms with Crippen LogP contribution in [0, 0.1) is 0 Å². The van der Waals surface area contributed by atoms with Crippen molar-refractivity contribution in [2.45, 2.75) is 13.2 Å². The first-order valence-corrected chi connectivity index (χ1v) is 7.66. The van der Waals surface area contributed by atoms with Gasteiger partial charge in [-0.05, 0) is 51.8 Å². The SMILES string of the molecule is COc1ccc(CN)cc1COc1ccc(Br)cc1Br. The maximum Gasteiger partial charge on any atom is 0.134 e. The number of halogens is 2. The molecule has 0 spiro atoms. The van der Waals surface area contributed by atoms with Crippen molar-refractivity contribution in [2.75, 3.05) is 7.11 Å². The van der Waals surface area contributed by atoms with Gasteiger partial charge in [-0.1, -0.05) is 22.0 Å². The minimum Gasteiger partial charge on any atom is -0.496 e. The lowest BCUT2D eigenvalue weighted by molar-refractivity contribution is 0.294. The van der Waals surface area contributed by atoms with Gasteiger partial charge in [0.15, 0.2) is 0 Å². The van der Waals surface area contributed by atoms with Crippen LogP contribution in [0.5, 0.6) is 11.5 Å². The highest BCUT2D eigenvalue weighted by Crippen LogP contribution is 2.30. The molecule has 2 N–H and O–H groups in total. The quantitative estimate of drug-likeness (QED) is 0.815. The Bertz CT molecular complexity index is 602. The van der Waals surface area contributed by atoms with Gasteiger partial charge in [-0.3, -0.25) is 0 Å². The van der Waals surface area contributed by atoms with E-state index in [1.54, 1.807) is 7.11 Å². The van der Waals surface area contributed by atoms with Gasteiger partial charge in [0.05, 0.1) is 11.6 Å². The van der Waals surface area contributed by atoms with Crippen molar-refractivity contribution in [3.05, 3.63) is 56.5 Å². The van der Waals surface area contributed by atoms with Crippen LogP contribution in [0.25, 0.3) is 0 Å². The van der Waals surface area contributed by atoms with Gasteiger partial charge in [0, 0.05) is 16.6 Å². The molecule has 2 aromatic carbocycles. The number of hydrogen-bond acceptors (Lipinski definition) is 3. The van der Waals surface area contributed by atoms with E-state index in [1.807, 2.05) is 36.4 Å². The Morgan fingerprint density at radius 3 is 2.45 bits per heavy atom. The summed E-state index contributed by atoms with van der Waals surface area (Å²) < 4.78 is 13.1. The summed E-state index contributed by atoms with van der Waals surface area (Å²) >= 11 is 6.89. The highest BCUT2D eigenvalue weighted by atomic mass is 79.9. The summed E-state index contributed by atoms with van der Waals surface area (Å²) in [7, 11) is 1.65. The van der Waals surface area contributed by atoms with E-state index in [4.69, 9.17) is 15.2 Å². The van der Waals surface area contributed by atoms with Gasteiger partial charge in [-0.15, -0.1) is 0 Å². The van der Waals surface area contributed by atoms with Crippen LogP contribution in [0.2, 0.25) is 0 Å². The lowest BCUT2D eigenvalue weighted by atomic mass is 10.1. The standard InChI is InChI=1S/C15H15Br2NO2/c1-19-14-4-2-10(8-18)6-11(14)9-20-15-5-3-12(16)7-13(15)17/h2-7H,8-9,18H2,1H3. The maximum atomic E-state index is 5.83. The largest absolute Gasteiger partial charge is 0.496 e. The number of methoxy groups -OCH3 is 1. The van der Waals surface area contributed by atoms with E-state index < -0.39 is 0 Å². The molecule has 2 aromatic rings. The van der Waals surface area contributed by atoms with E-state index >= 15 is 0 Å². The Labute approximate surface area is 135 Å². The molecule has 5 heteroatoms. The van der Waals surface area contributed by atoms with Crippen molar-refractivity contribution in [3.8, 4) is 11.5 Å². The zero-order valence-electron chi connectivity index (χ0n) is 11.0. The Hall–Kier alpha value is -1.04. The monoisotopic (exact) mass is 399 g/mol. The van der Waals surface area contributed by atoms with Crippen molar-refractivity contribution in [3.63, 3.8) is 0 Å². The van der Waals surface area contributed by atoms with Crippen molar-refractivity contribution in [1.29, 1.82) is 0 Å². The summed E-state index contributed by atoms with van der Waals surface area (Å²) in [6, 6.07) is 11.7. The smallest absolute Gasteiger partial charge is 0.134 e. The Kier molecular flexibility index (Phi) is 5.46. The summed E-state index contributed by atoms with van der Waals surface area (Å²) in [5.74, 6) is 1.59. The molecule has 0 fully saturated rings. The van der Waals surface area contributed by atoms with Crippen LogP contribution in [-0.2, 0) is 13.2 Å². The molecular weight excluding hydrogens is 386 g/mol. The first kappa shape index (κ1) is 15.4. The van der Waals surface area contributed by atoms with E-state index in [-0.39, 0.29) is 0 Å². The number of benzene rings is 2. The van der Waals surface area contributed by atoms with Crippen molar-refractivity contribution >= 4 is 31.9 Å². The normalized spacial score (nSPS) is 10.4. The van der Waals surface area contributed by atoms with Gasteiger partial charge in [0.25, 0.3) is 0 Å². The molecule has 0 unspecified atom stereocenters. The molecule has 0 aliphatic heterocycles. The predicted molar refractivity (Wildman–Crippen MR) is 87.1 cm³/mol. The van der Waals surface area contributed by atoms with Crippen LogP contribution in [0.15, 0.2) is 45.3 Å². The van der Waals surface area contributed by atoms with Crippen LogP contribution in [0.4, 0.5) is 0 Å². The first-order valence-electron chi connectivity index (χ1n) is 6.07. The number of hydrogen-bond donors (Lipinski definition) is 1. The Morgan fingerprint density at radius 1 is 1.05 bits per heavy atom. The van der Waals surface area contributed by atoms with E-state index in [9.17, 15) is 0 Å². The average molecular weight is 401 g/mol. The fourth-order valence-electron chi connectivity index (χ4n) is 1.82. The number of nitrogens with two attached hydrogens (primary N) is 1. The van der Waals surface area contributed by atoms with E-state index in [0.29, 0.717) is 13.2 Å². The van der Waals surface area contributed by atoms with Crippen LogP contribution >= 0.6 is 31.9 Å². The summed E-state index contributed by atoms with van der Waals surface area (Å²) in [4.78, 5) is 0. The minimum atomic E-state index is 0.428. The molecule has 0 saturated carbocycles. The van der Waals surface area contributed by atoms with Gasteiger partial charge in [0.1, 0.15) is 18.1 Å². The van der Waals surface area contributed by atoms with Crippen LogP contribution in [0.1, 0.15) is 11.1 Å². The summed E-state index contributed by atoms with van der Waals surface area (Å²) in [6.45, 7) is 0.927. The summed E-state index contributed by atoms with van der Waals surface area (Å²) in [6.07, 6.45) is 0. The van der Waals surface area contributed by atoms with Gasteiger partial charge < -0.3 is 15.2 Å². The molecule has 0 atom stereocenters. The van der Waals surface area contributed by atoms with Crippen LogP contribution in [-0.4, -0.2) is 7.11 Å². The predicted octanol–water partition coefficient (Wildman–Crippen LogP) is 4.26. The molecule has 106 valence electrons. The topological polar surface area (TPSA) is 44.5 Å². The molecule has 0 bridgehead atoms. The third-order valence-electron chi connectivity index (χ3n) is 2.86. The third-order valence-corrected chi connectivity index (χ3v) is 3.97. The number of rotatable bonds is 5. The molecule has 0 aliphatic carbocycles. The van der Waals surface area contributed by atoms with Gasteiger partial charge >= 0.3 is 0 Å². The second-order valence-corrected chi connectivity index (χ2v) is 5.98. The van der Waals surface area contributed by atoms with E-state index in [2.05, 4.69) is 31.9 Å². The Balaban J connectivity index is 2.17. The first-order chi connectivity index (χ1) is 9.63. The van der Waals surface area contributed by atoms with Gasteiger partial charge in [-0.2, -0.15) is 0 Å². The van der Waals surface area contributed by atoms with Gasteiger partial charge in [0.2, 0.25) is 0 Å². The molecule has 3 nitrogen and oxygen atoms in total. The summed E-state index contributed by atoms with van der Waals surface area (Å²) in [5, 5.41) is 0. The molecule has 0 radical (unpaired) electrons. The summed E-state index contributed by atoms with van der Waals surface area (Å²) in [5.41, 5.74) is 7.70. The average Bonchev–Trinajstić information content (AvgIpc) is 2.46. The fraction of sp³-hybridized carbons (Fsp3) is 0.200. The highest BCUT2D eigenvalue weighted by Gasteiger charge is 2.07. The Morgan fingerprint density at radius 2 is 1.80 bits per heavy atom. The van der Waals surface area contributed by atoms with Crippen LogP contribution < -0.4 is 15.2 Å². The van der Waals surface area contributed by atoms with E-state index in [1.165, 1.54) is 0 Å². The fourth-order valence-corrected chi connectivity index (χ4v) is 2.98. The second-order valence-electron chi connectivity index (χ2n) is 4.21. The van der Waals surface area contributed by atoms with E-state index in [0.717, 1.165) is 31.6 Å². The zero-order valence-corrected chi connectivity index (χ0v) is 14.2. The van der Waals surface area contributed by atoms with Crippen molar-refractivity contribution in [1.82, 2.24) is 0 Å². The second kappa shape index (κ2) is 7.11. The van der Waals surface area contributed by atoms with Gasteiger partial charge in [-0.25, -0.2) is 0 Å². The molecule has 0 heterocycles. The molecule has 20 heavy (non-hydrogen) atoms. The third kappa shape index (κ3) is 3.75. The lowest BCUT2D eigenvalue weighted by Crippen LogP contribution is -2.02. The lowest BCUT2D eigenvalue weighted by Gasteiger charge is -2.12. The molecule has 0 aliphatic rings. The molecule has 2 rings (SSSR count). The molecule has 0 amide bonds. The molecular formula is C15H15Br2NO2. The van der Waals surface area contributed by atoms with Crippen LogP contribution in [0.3, 0.4) is 0 Å². The zero-order chi connectivity index (χ0) is 14.5. The minimum absolute atomic E-state index is 0.428. The maximum absolute atomic E-state index is 5.83. The number of ether oxygens (including phenoxy) is 2.